The predicted molar refractivity (Wildman–Crippen MR) is 104 cm³/mol. The lowest BCUT2D eigenvalue weighted by molar-refractivity contribution is -0.148. The van der Waals surface area contributed by atoms with Gasteiger partial charge in [-0.05, 0) is 31.0 Å². The van der Waals surface area contributed by atoms with Crippen LogP contribution in [0.4, 0.5) is 13.2 Å². The van der Waals surface area contributed by atoms with Gasteiger partial charge in [0.2, 0.25) is 5.82 Å². The second-order valence-corrected chi connectivity index (χ2v) is 7.55. The minimum absolute atomic E-state index is 0.282. The number of piperidine rings is 1. The first kappa shape index (κ1) is 18.2. The van der Waals surface area contributed by atoms with Gasteiger partial charge in [-0.2, -0.15) is 13.2 Å². The molecule has 4 heterocycles. The average Bonchev–Trinajstić information content (AvgIpc) is 3.33. The van der Waals surface area contributed by atoms with E-state index in [1.54, 1.807) is 12.3 Å². The van der Waals surface area contributed by atoms with Gasteiger partial charge < -0.3 is 9.55 Å². The summed E-state index contributed by atoms with van der Waals surface area (Å²) in [6.45, 7) is 2.16. The summed E-state index contributed by atoms with van der Waals surface area (Å²) in [6.07, 6.45) is 0.127. The first-order valence-corrected chi connectivity index (χ1v) is 9.68. The molecule has 4 aromatic rings. The fourth-order valence-electron chi connectivity index (χ4n) is 4.37. The minimum Gasteiger partial charge on any atom is -0.346 e. The summed E-state index contributed by atoms with van der Waals surface area (Å²) in [5.41, 5.74) is 2.53. The Bertz CT molecular complexity index is 1150. The molecule has 0 radical (unpaired) electrons. The maximum Gasteiger partial charge on any atom is 0.449 e. The summed E-state index contributed by atoms with van der Waals surface area (Å²) >= 11 is 0. The number of aromatic amines is 1. The van der Waals surface area contributed by atoms with E-state index in [1.165, 1.54) is 10.8 Å². The van der Waals surface area contributed by atoms with Crippen molar-refractivity contribution in [3.05, 3.63) is 60.2 Å². The molecule has 5 rings (SSSR count). The topological polar surface area (TPSA) is 49.7 Å². The highest BCUT2D eigenvalue weighted by atomic mass is 19.4. The second kappa shape index (κ2) is 6.88. The Labute approximate surface area is 165 Å². The Kier molecular flexibility index (Phi) is 4.31. The molecule has 1 aliphatic rings. The van der Waals surface area contributed by atoms with Gasteiger partial charge in [-0.25, -0.2) is 9.97 Å². The molecule has 5 nitrogen and oxygen atoms in total. The van der Waals surface area contributed by atoms with Crippen molar-refractivity contribution < 1.29 is 13.2 Å². The number of benzene rings is 1. The number of imidazole rings is 1. The third kappa shape index (κ3) is 3.27. The summed E-state index contributed by atoms with van der Waals surface area (Å²) in [5, 5.41) is 0.672. The van der Waals surface area contributed by atoms with E-state index in [0.717, 1.165) is 25.1 Å². The number of nitrogens with one attached hydrogen (secondary N) is 1. The fourth-order valence-corrected chi connectivity index (χ4v) is 4.37. The van der Waals surface area contributed by atoms with Crippen molar-refractivity contribution in [1.82, 2.24) is 24.4 Å². The van der Waals surface area contributed by atoms with Crippen molar-refractivity contribution in [2.24, 2.45) is 0 Å². The number of alkyl halides is 3. The van der Waals surface area contributed by atoms with Crippen LogP contribution >= 0.6 is 0 Å². The van der Waals surface area contributed by atoms with Gasteiger partial charge in [0.05, 0.1) is 11.7 Å². The molecule has 1 N–H and O–H groups in total. The predicted octanol–water partition coefficient (Wildman–Crippen LogP) is 4.77. The number of rotatable bonds is 3. The average molecular weight is 399 g/mol. The van der Waals surface area contributed by atoms with E-state index >= 15 is 0 Å². The van der Waals surface area contributed by atoms with E-state index < -0.39 is 12.0 Å². The van der Waals surface area contributed by atoms with Crippen LogP contribution in [0.15, 0.2) is 48.8 Å². The van der Waals surface area contributed by atoms with E-state index in [4.69, 9.17) is 0 Å². The first-order chi connectivity index (χ1) is 14.0. The number of nitrogens with zero attached hydrogens (tertiary/aromatic N) is 4. The lowest BCUT2D eigenvalue weighted by Gasteiger charge is -2.34. The minimum atomic E-state index is -4.52. The number of aromatic nitrogens is 4. The van der Waals surface area contributed by atoms with Crippen molar-refractivity contribution in [2.75, 3.05) is 13.1 Å². The van der Waals surface area contributed by atoms with Gasteiger partial charge in [0.1, 0.15) is 11.2 Å². The van der Waals surface area contributed by atoms with Crippen LogP contribution in [0.3, 0.4) is 0 Å². The molecule has 1 unspecified atom stereocenters. The number of H-pyrrole nitrogens is 1. The van der Waals surface area contributed by atoms with E-state index in [1.807, 2.05) is 30.3 Å². The van der Waals surface area contributed by atoms with Crippen molar-refractivity contribution in [3.8, 4) is 0 Å². The van der Waals surface area contributed by atoms with Crippen molar-refractivity contribution in [3.63, 3.8) is 0 Å². The van der Waals surface area contributed by atoms with Gasteiger partial charge in [0, 0.05) is 30.7 Å². The third-order valence-electron chi connectivity index (χ3n) is 5.58. The number of hydrogen-bond donors (Lipinski definition) is 1. The number of fused-ring (bicyclic) bond motifs is 3. The molecule has 1 saturated heterocycles. The Hall–Kier alpha value is -2.87. The summed E-state index contributed by atoms with van der Waals surface area (Å²) < 4.78 is 43.1. The lowest BCUT2D eigenvalue weighted by Crippen LogP contribution is -2.37. The number of likely N-dealkylation sites (tertiary alicyclic amines) is 1. The summed E-state index contributed by atoms with van der Waals surface area (Å²) in [4.78, 5) is 13.4. The Morgan fingerprint density at radius 3 is 2.76 bits per heavy atom. The molecule has 0 saturated carbocycles. The number of hydrogen-bond acceptors (Lipinski definition) is 3. The summed E-state index contributed by atoms with van der Waals surface area (Å²) in [5.74, 6) is -0.838. The van der Waals surface area contributed by atoms with Gasteiger partial charge in [-0.1, -0.05) is 30.3 Å². The zero-order chi connectivity index (χ0) is 20.0. The molecular weight excluding hydrogens is 379 g/mol. The molecule has 0 aliphatic carbocycles. The first-order valence-electron chi connectivity index (χ1n) is 9.68. The summed E-state index contributed by atoms with van der Waals surface area (Å²) in [6, 6.07) is 11.5. The lowest BCUT2D eigenvalue weighted by atomic mass is 10.0. The number of pyridine rings is 1. The van der Waals surface area contributed by atoms with E-state index in [0.29, 0.717) is 29.5 Å². The zero-order valence-corrected chi connectivity index (χ0v) is 15.7. The fraction of sp³-hybridized carbons (Fsp3) is 0.333. The van der Waals surface area contributed by atoms with Gasteiger partial charge in [-0.15, -0.1) is 0 Å². The molecule has 29 heavy (non-hydrogen) atoms. The highest BCUT2D eigenvalue weighted by Gasteiger charge is 2.40. The largest absolute Gasteiger partial charge is 0.449 e. The quantitative estimate of drug-likeness (QED) is 0.540. The second-order valence-electron chi connectivity index (χ2n) is 7.55. The SMILES string of the molecule is FC(F)(F)c1nc2cnc3[nH]ccc3c2n1C1CCCN(Cc2ccccc2)C1. The van der Waals surface area contributed by atoms with Crippen LogP contribution in [0.1, 0.15) is 30.3 Å². The molecule has 3 aromatic heterocycles. The van der Waals surface area contributed by atoms with Crippen LogP contribution in [0.2, 0.25) is 0 Å². The molecule has 0 bridgehead atoms. The third-order valence-corrected chi connectivity index (χ3v) is 5.58. The molecule has 150 valence electrons. The number of halogens is 3. The Balaban J connectivity index is 1.58. The maximum atomic E-state index is 13.9. The van der Waals surface area contributed by atoms with E-state index in [9.17, 15) is 13.2 Å². The van der Waals surface area contributed by atoms with Crippen molar-refractivity contribution in [2.45, 2.75) is 31.6 Å². The molecule has 1 aliphatic heterocycles. The smallest absolute Gasteiger partial charge is 0.346 e. The van der Waals surface area contributed by atoms with Crippen LogP contribution < -0.4 is 0 Å². The van der Waals surface area contributed by atoms with Crippen molar-refractivity contribution in [1.29, 1.82) is 0 Å². The van der Waals surface area contributed by atoms with Gasteiger partial charge in [-0.3, -0.25) is 4.90 Å². The van der Waals surface area contributed by atoms with Crippen molar-refractivity contribution >= 4 is 22.1 Å². The molecule has 1 atom stereocenters. The molecule has 8 heteroatoms. The zero-order valence-electron chi connectivity index (χ0n) is 15.7. The maximum absolute atomic E-state index is 13.9. The van der Waals surface area contributed by atoms with E-state index in [-0.39, 0.29) is 11.6 Å². The van der Waals surface area contributed by atoms with Gasteiger partial charge in [0.15, 0.2) is 0 Å². The van der Waals surface area contributed by atoms with Crippen LogP contribution in [0.25, 0.3) is 22.1 Å². The highest BCUT2D eigenvalue weighted by Crippen LogP contribution is 2.38. The molecule has 1 aromatic carbocycles. The van der Waals surface area contributed by atoms with Crippen LogP contribution in [-0.2, 0) is 12.7 Å². The molecule has 0 spiro atoms. The summed E-state index contributed by atoms with van der Waals surface area (Å²) in [7, 11) is 0. The molecule has 1 fully saturated rings. The highest BCUT2D eigenvalue weighted by molar-refractivity contribution is 6.01. The standard InChI is InChI=1S/C21H20F3N5/c22-21(23,24)20-27-17-11-26-19-16(8-9-25-19)18(17)29(20)15-7-4-10-28(13-15)12-14-5-2-1-3-6-14/h1-3,5-6,8-9,11,15H,4,7,10,12-13H2,(H,25,26). The van der Waals surface area contributed by atoms with E-state index in [2.05, 4.69) is 19.9 Å². The Morgan fingerprint density at radius 2 is 1.97 bits per heavy atom. The normalized spacial score (nSPS) is 18.7. The molecular formula is C21H20F3N5. The monoisotopic (exact) mass is 399 g/mol. The van der Waals surface area contributed by atoms with Crippen LogP contribution in [-0.4, -0.2) is 37.5 Å². The van der Waals surface area contributed by atoms with Crippen LogP contribution in [0, 0.1) is 0 Å². The molecule has 0 amide bonds. The van der Waals surface area contributed by atoms with Crippen LogP contribution in [0.5, 0.6) is 0 Å². The van der Waals surface area contributed by atoms with Gasteiger partial charge in [0.25, 0.3) is 0 Å². The Morgan fingerprint density at radius 1 is 1.14 bits per heavy atom. The van der Waals surface area contributed by atoms with Gasteiger partial charge >= 0.3 is 6.18 Å².